The first-order valence-corrected chi connectivity index (χ1v) is 8.83. The molecule has 27 heavy (non-hydrogen) atoms. The maximum absolute atomic E-state index is 12.7. The van der Waals surface area contributed by atoms with Gasteiger partial charge in [0.2, 0.25) is 0 Å². The van der Waals surface area contributed by atoms with Gasteiger partial charge in [0.05, 0.1) is 22.3 Å². The molecule has 2 aromatic carbocycles. The lowest BCUT2D eigenvalue weighted by Gasteiger charge is -2.11. The summed E-state index contributed by atoms with van der Waals surface area (Å²) in [6.07, 6.45) is 1.05. The molecule has 1 amide bonds. The summed E-state index contributed by atoms with van der Waals surface area (Å²) in [6, 6.07) is 11.5. The largest absolute Gasteiger partial charge is 0.328 e. The van der Waals surface area contributed by atoms with E-state index in [2.05, 4.69) is 10.3 Å². The zero-order valence-corrected chi connectivity index (χ0v) is 15.9. The Labute approximate surface area is 168 Å². The maximum Gasteiger partial charge on any atom is 0.328 e. The molecule has 0 atom stereocenters. The smallest absolute Gasteiger partial charge is 0.319 e. The molecule has 0 saturated heterocycles. The highest BCUT2D eigenvalue weighted by molar-refractivity contribution is 6.40. The molecule has 0 unspecified atom stereocenters. The minimum atomic E-state index is -0.764. The summed E-state index contributed by atoms with van der Waals surface area (Å²) in [7, 11) is 0. The summed E-state index contributed by atoms with van der Waals surface area (Å²) in [6.45, 7) is -0.0815. The van der Waals surface area contributed by atoms with Crippen LogP contribution in [-0.2, 0) is 6.54 Å². The summed E-state index contributed by atoms with van der Waals surface area (Å²) in [4.78, 5) is 39.7. The van der Waals surface area contributed by atoms with Gasteiger partial charge in [-0.15, -0.1) is 0 Å². The average Bonchev–Trinajstić information content (AvgIpc) is 2.63. The van der Waals surface area contributed by atoms with Gasteiger partial charge in [-0.25, -0.2) is 4.79 Å². The lowest BCUT2D eigenvalue weighted by Crippen LogP contribution is -2.39. The standard InChI is InChI=1S/C18H12Cl3N3O3/c19-12-5-2-1-4-10(12)9-24-17(26)11(8-22-18(24)27)16(25)23-15-13(20)6-3-7-14(15)21/h1-8H,9H2,(H,22,27)(H,23,25). The Hall–Kier alpha value is -2.54. The summed E-state index contributed by atoms with van der Waals surface area (Å²) < 4.78 is 0.893. The van der Waals surface area contributed by atoms with Crippen LogP contribution in [0.25, 0.3) is 0 Å². The van der Waals surface area contributed by atoms with Crippen LogP contribution in [0.2, 0.25) is 15.1 Å². The molecule has 2 N–H and O–H groups in total. The lowest BCUT2D eigenvalue weighted by atomic mass is 10.2. The molecule has 1 aromatic heterocycles. The third kappa shape index (κ3) is 4.08. The van der Waals surface area contributed by atoms with Gasteiger partial charge in [0.25, 0.3) is 11.5 Å². The van der Waals surface area contributed by atoms with E-state index in [0.29, 0.717) is 10.6 Å². The number of aromatic amines is 1. The quantitative estimate of drug-likeness (QED) is 0.668. The SMILES string of the molecule is O=C(Nc1c(Cl)cccc1Cl)c1c[nH]c(=O)n(Cc2ccccc2Cl)c1=O. The van der Waals surface area contributed by atoms with E-state index in [4.69, 9.17) is 34.8 Å². The monoisotopic (exact) mass is 423 g/mol. The third-order valence-corrected chi connectivity index (χ3v) is 4.79. The maximum atomic E-state index is 12.7. The molecular weight excluding hydrogens is 413 g/mol. The Kier molecular flexibility index (Phi) is 5.70. The average molecular weight is 425 g/mol. The van der Waals surface area contributed by atoms with E-state index in [0.717, 1.165) is 10.8 Å². The molecule has 3 aromatic rings. The van der Waals surface area contributed by atoms with Crippen LogP contribution in [0.15, 0.2) is 58.3 Å². The summed E-state index contributed by atoms with van der Waals surface area (Å²) in [5, 5.41) is 3.34. The van der Waals surface area contributed by atoms with Crippen LogP contribution < -0.4 is 16.6 Å². The minimum absolute atomic E-state index is 0.0815. The number of hydrogen-bond acceptors (Lipinski definition) is 3. The second-order valence-corrected chi connectivity index (χ2v) is 6.76. The van der Waals surface area contributed by atoms with Gasteiger partial charge >= 0.3 is 5.69 Å². The molecular formula is C18H12Cl3N3O3. The zero-order valence-electron chi connectivity index (χ0n) is 13.6. The first kappa shape index (κ1) is 19.2. The highest BCUT2D eigenvalue weighted by atomic mass is 35.5. The number of amides is 1. The van der Waals surface area contributed by atoms with Crippen molar-refractivity contribution in [1.82, 2.24) is 9.55 Å². The first-order valence-electron chi connectivity index (χ1n) is 7.70. The van der Waals surface area contributed by atoms with Crippen LogP contribution in [0.5, 0.6) is 0 Å². The number of halogens is 3. The molecule has 6 nitrogen and oxygen atoms in total. The number of hydrogen-bond donors (Lipinski definition) is 2. The summed E-state index contributed by atoms with van der Waals surface area (Å²) >= 11 is 18.1. The van der Waals surface area contributed by atoms with E-state index in [-0.39, 0.29) is 27.8 Å². The number of nitrogens with zero attached hydrogens (tertiary/aromatic N) is 1. The van der Waals surface area contributed by atoms with Crippen molar-refractivity contribution in [3.8, 4) is 0 Å². The second-order valence-electron chi connectivity index (χ2n) is 5.54. The number of rotatable bonds is 4. The molecule has 138 valence electrons. The van der Waals surface area contributed by atoms with E-state index in [1.165, 1.54) is 0 Å². The van der Waals surface area contributed by atoms with Crippen molar-refractivity contribution < 1.29 is 4.79 Å². The number of aromatic nitrogens is 2. The van der Waals surface area contributed by atoms with Crippen molar-refractivity contribution in [1.29, 1.82) is 0 Å². The van der Waals surface area contributed by atoms with Crippen molar-refractivity contribution in [3.63, 3.8) is 0 Å². The zero-order chi connectivity index (χ0) is 19.6. The van der Waals surface area contributed by atoms with Crippen LogP contribution in [0.1, 0.15) is 15.9 Å². The summed E-state index contributed by atoms with van der Waals surface area (Å²) in [5.41, 5.74) is -0.947. The topological polar surface area (TPSA) is 84.0 Å². The Morgan fingerprint density at radius 2 is 1.59 bits per heavy atom. The number of nitrogens with one attached hydrogen (secondary N) is 2. The van der Waals surface area contributed by atoms with Crippen LogP contribution in [0.3, 0.4) is 0 Å². The highest BCUT2D eigenvalue weighted by Gasteiger charge is 2.18. The number of carbonyl (C=O) groups is 1. The van der Waals surface area contributed by atoms with E-state index in [1.54, 1.807) is 42.5 Å². The molecule has 1 heterocycles. The molecule has 3 rings (SSSR count). The van der Waals surface area contributed by atoms with Crippen LogP contribution in [0.4, 0.5) is 5.69 Å². The predicted molar refractivity (Wildman–Crippen MR) is 106 cm³/mol. The van der Waals surface area contributed by atoms with Crippen LogP contribution in [0, 0.1) is 0 Å². The third-order valence-electron chi connectivity index (χ3n) is 3.79. The van der Waals surface area contributed by atoms with Gasteiger partial charge in [0.15, 0.2) is 0 Å². The van der Waals surface area contributed by atoms with E-state index in [9.17, 15) is 14.4 Å². The van der Waals surface area contributed by atoms with Crippen molar-refractivity contribution in [2.24, 2.45) is 0 Å². The van der Waals surface area contributed by atoms with Gasteiger partial charge in [-0.1, -0.05) is 59.1 Å². The normalized spacial score (nSPS) is 10.6. The van der Waals surface area contributed by atoms with Gasteiger partial charge in [-0.05, 0) is 23.8 Å². The first-order chi connectivity index (χ1) is 12.9. The van der Waals surface area contributed by atoms with Crippen molar-refractivity contribution in [2.45, 2.75) is 6.54 Å². The molecule has 0 saturated carbocycles. The molecule has 0 fully saturated rings. The fourth-order valence-electron chi connectivity index (χ4n) is 2.41. The summed E-state index contributed by atoms with van der Waals surface area (Å²) in [5.74, 6) is -0.751. The van der Waals surface area contributed by atoms with Crippen LogP contribution in [-0.4, -0.2) is 15.5 Å². The highest BCUT2D eigenvalue weighted by Crippen LogP contribution is 2.29. The molecule has 0 bridgehead atoms. The van der Waals surface area contributed by atoms with Crippen LogP contribution >= 0.6 is 34.8 Å². The molecule has 0 spiro atoms. The number of para-hydroxylation sites is 1. The van der Waals surface area contributed by atoms with Crippen molar-refractivity contribution in [3.05, 3.63) is 95.7 Å². The Balaban J connectivity index is 1.98. The predicted octanol–water partition coefficient (Wildman–Crippen LogP) is 3.80. The van der Waals surface area contributed by atoms with E-state index >= 15 is 0 Å². The lowest BCUT2D eigenvalue weighted by molar-refractivity contribution is 0.102. The van der Waals surface area contributed by atoms with Gasteiger partial charge in [-0.2, -0.15) is 0 Å². The molecule has 0 radical (unpaired) electrons. The Morgan fingerprint density at radius 1 is 0.963 bits per heavy atom. The number of carbonyl (C=O) groups excluding carboxylic acids is 1. The van der Waals surface area contributed by atoms with Crippen molar-refractivity contribution >= 4 is 46.4 Å². The molecule has 0 aliphatic heterocycles. The van der Waals surface area contributed by atoms with Crippen molar-refractivity contribution in [2.75, 3.05) is 5.32 Å². The molecule has 9 heteroatoms. The second kappa shape index (κ2) is 8.00. The molecule has 0 aliphatic rings. The molecule has 0 aliphatic carbocycles. The number of anilines is 1. The van der Waals surface area contributed by atoms with Gasteiger partial charge in [-0.3, -0.25) is 14.2 Å². The minimum Gasteiger partial charge on any atom is -0.319 e. The Morgan fingerprint density at radius 3 is 2.26 bits per heavy atom. The Bertz CT molecular complexity index is 1120. The van der Waals surface area contributed by atoms with E-state index in [1.807, 2.05) is 0 Å². The van der Waals surface area contributed by atoms with Gasteiger partial charge < -0.3 is 10.3 Å². The van der Waals surface area contributed by atoms with Gasteiger partial charge in [0.1, 0.15) is 5.56 Å². The fraction of sp³-hybridized carbons (Fsp3) is 0.0556. The number of H-pyrrole nitrogens is 1. The fourth-order valence-corrected chi connectivity index (χ4v) is 3.10. The number of benzene rings is 2. The van der Waals surface area contributed by atoms with E-state index < -0.39 is 17.2 Å². The van der Waals surface area contributed by atoms with Gasteiger partial charge in [0, 0.05) is 11.2 Å².